The molecular formula is C14H18F2N4S. The van der Waals surface area contributed by atoms with Crippen LogP contribution in [0.5, 0.6) is 0 Å². The summed E-state index contributed by atoms with van der Waals surface area (Å²) in [5, 5.41) is 8.57. The normalized spacial score (nSPS) is 12.2. The van der Waals surface area contributed by atoms with Gasteiger partial charge in [0, 0.05) is 24.2 Å². The molecule has 4 nitrogen and oxygen atoms in total. The third-order valence-corrected chi connectivity index (χ3v) is 3.83. The minimum absolute atomic E-state index is 0.0389. The fraction of sp³-hybridized carbons (Fsp3) is 0.429. The SMILES string of the molecule is CCCNc1nc(NC(CC)c2nccs2)c(F)cc1F. The fourth-order valence-electron chi connectivity index (χ4n) is 1.85. The summed E-state index contributed by atoms with van der Waals surface area (Å²) in [6.07, 6.45) is 3.26. The van der Waals surface area contributed by atoms with Crippen LogP contribution in [0.15, 0.2) is 17.6 Å². The first-order chi connectivity index (χ1) is 10.2. The maximum atomic E-state index is 13.9. The summed E-state index contributed by atoms with van der Waals surface area (Å²) in [5.41, 5.74) is 0. The Morgan fingerprint density at radius 2 is 2.00 bits per heavy atom. The van der Waals surface area contributed by atoms with E-state index in [1.165, 1.54) is 11.3 Å². The Morgan fingerprint density at radius 1 is 1.24 bits per heavy atom. The maximum Gasteiger partial charge on any atom is 0.168 e. The van der Waals surface area contributed by atoms with Gasteiger partial charge in [0.25, 0.3) is 0 Å². The van der Waals surface area contributed by atoms with Crippen molar-refractivity contribution in [2.75, 3.05) is 17.2 Å². The Hall–Kier alpha value is -1.76. The van der Waals surface area contributed by atoms with Gasteiger partial charge in [-0.15, -0.1) is 11.3 Å². The summed E-state index contributed by atoms with van der Waals surface area (Å²) in [4.78, 5) is 8.23. The molecule has 0 fully saturated rings. The molecule has 0 amide bonds. The van der Waals surface area contributed by atoms with Crippen LogP contribution >= 0.6 is 11.3 Å². The van der Waals surface area contributed by atoms with E-state index >= 15 is 0 Å². The Bertz CT molecular complexity index is 575. The molecule has 114 valence electrons. The molecule has 7 heteroatoms. The number of nitrogens with zero attached hydrogens (tertiary/aromatic N) is 2. The van der Waals surface area contributed by atoms with E-state index in [2.05, 4.69) is 20.6 Å². The third kappa shape index (κ3) is 3.87. The monoisotopic (exact) mass is 312 g/mol. The van der Waals surface area contributed by atoms with Crippen LogP contribution in [0.2, 0.25) is 0 Å². The zero-order valence-corrected chi connectivity index (χ0v) is 12.8. The number of halogens is 2. The van der Waals surface area contributed by atoms with Gasteiger partial charge in [-0.05, 0) is 12.8 Å². The fourth-order valence-corrected chi connectivity index (χ4v) is 2.62. The lowest BCUT2D eigenvalue weighted by Crippen LogP contribution is -2.14. The first kappa shape index (κ1) is 15.6. The number of thiazole rings is 1. The van der Waals surface area contributed by atoms with Crippen LogP contribution in [-0.4, -0.2) is 16.5 Å². The van der Waals surface area contributed by atoms with Gasteiger partial charge in [-0.2, -0.15) is 0 Å². The van der Waals surface area contributed by atoms with Crippen molar-refractivity contribution in [1.82, 2.24) is 9.97 Å². The van der Waals surface area contributed by atoms with E-state index in [1.807, 2.05) is 19.2 Å². The molecule has 0 aliphatic rings. The molecule has 1 atom stereocenters. The molecule has 0 aliphatic heterocycles. The Morgan fingerprint density at radius 3 is 2.62 bits per heavy atom. The Kier molecular flexibility index (Phi) is 5.44. The minimum Gasteiger partial charge on any atom is -0.368 e. The van der Waals surface area contributed by atoms with Crippen molar-refractivity contribution < 1.29 is 8.78 Å². The van der Waals surface area contributed by atoms with Crippen LogP contribution in [0.3, 0.4) is 0 Å². The number of nitrogens with one attached hydrogen (secondary N) is 2. The van der Waals surface area contributed by atoms with Crippen molar-refractivity contribution in [1.29, 1.82) is 0 Å². The molecule has 0 saturated carbocycles. The lowest BCUT2D eigenvalue weighted by atomic mass is 10.2. The standard InChI is InChI=1S/C14H18F2N4S/c1-3-5-17-12-9(15)8-10(16)13(20-12)19-11(4-2)14-18-6-7-21-14/h6-8,11H,3-5H2,1-2H3,(H2,17,19,20). The molecule has 0 radical (unpaired) electrons. The highest BCUT2D eigenvalue weighted by Crippen LogP contribution is 2.26. The highest BCUT2D eigenvalue weighted by Gasteiger charge is 2.17. The largest absolute Gasteiger partial charge is 0.368 e. The topological polar surface area (TPSA) is 49.8 Å². The van der Waals surface area contributed by atoms with Crippen LogP contribution in [0.25, 0.3) is 0 Å². The molecule has 0 aromatic carbocycles. The maximum absolute atomic E-state index is 13.9. The van der Waals surface area contributed by atoms with E-state index in [0.717, 1.165) is 23.9 Å². The first-order valence-electron chi connectivity index (χ1n) is 6.91. The van der Waals surface area contributed by atoms with Gasteiger partial charge in [-0.25, -0.2) is 18.7 Å². The van der Waals surface area contributed by atoms with Gasteiger partial charge in [0.05, 0.1) is 6.04 Å². The molecule has 2 aromatic rings. The Labute approximate surface area is 126 Å². The van der Waals surface area contributed by atoms with Gasteiger partial charge in [0.15, 0.2) is 23.3 Å². The molecule has 0 aliphatic carbocycles. The quantitative estimate of drug-likeness (QED) is 0.804. The molecule has 0 spiro atoms. The third-order valence-electron chi connectivity index (χ3n) is 2.94. The summed E-state index contributed by atoms with van der Waals surface area (Å²) >= 11 is 1.49. The summed E-state index contributed by atoms with van der Waals surface area (Å²) in [6, 6.07) is 0.707. The van der Waals surface area contributed by atoms with Crippen molar-refractivity contribution in [3.05, 3.63) is 34.3 Å². The summed E-state index contributed by atoms with van der Waals surface area (Å²) in [5.74, 6) is -1.29. The van der Waals surface area contributed by atoms with Crippen molar-refractivity contribution in [2.24, 2.45) is 0 Å². The van der Waals surface area contributed by atoms with Gasteiger partial charge in [-0.1, -0.05) is 13.8 Å². The van der Waals surface area contributed by atoms with E-state index in [9.17, 15) is 8.78 Å². The predicted molar refractivity (Wildman–Crippen MR) is 81.7 cm³/mol. The second kappa shape index (κ2) is 7.31. The molecule has 2 aromatic heterocycles. The van der Waals surface area contributed by atoms with Gasteiger partial charge in [0.2, 0.25) is 0 Å². The number of rotatable bonds is 7. The van der Waals surface area contributed by atoms with E-state index < -0.39 is 11.6 Å². The average molecular weight is 312 g/mol. The van der Waals surface area contributed by atoms with Crippen molar-refractivity contribution in [3.63, 3.8) is 0 Å². The number of hydrogen-bond acceptors (Lipinski definition) is 5. The van der Waals surface area contributed by atoms with Crippen LogP contribution in [0.1, 0.15) is 37.7 Å². The van der Waals surface area contributed by atoms with Crippen molar-refractivity contribution >= 4 is 23.0 Å². The summed E-state index contributed by atoms with van der Waals surface area (Å²) < 4.78 is 27.5. The molecule has 0 saturated heterocycles. The zero-order valence-electron chi connectivity index (χ0n) is 12.0. The molecular weight excluding hydrogens is 294 g/mol. The van der Waals surface area contributed by atoms with Crippen LogP contribution in [0.4, 0.5) is 20.4 Å². The smallest absolute Gasteiger partial charge is 0.168 e. The van der Waals surface area contributed by atoms with Crippen LogP contribution < -0.4 is 10.6 Å². The Balaban J connectivity index is 2.22. The van der Waals surface area contributed by atoms with E-state index in [1.54, 1.807) is 6.20 Å². The second-order valence-electron chi connectivity index (χ2n) is 4.55. The molecule has 0 bridgehead atoms. The van der Waals surface area contributed by atoms with Gasteiger partial charge >= 0.3 is 0 Å². The first-order valence-corrected chi connectivity index (χ1v) is 7.79. The molecule has 1 unspecified atom stereocenters. The van der Waals surface area contributed by atoms with Crippen LogP contribution in [-0.2, 0) is 0 Å². The van der Waals surface area contributed by atoms with E-state index in [4.69, 9.17) is 0 Å². The van der Waals surface area contributed by atoms with Gasteiger partial charge in [0.1, 0.15) is 5.01 Å². The van der Waals surface area contributed by atoms with Crippen molar-refractivity contribution in [2.45, 2.75) is 32.7 Å². The summed E-state index contributed by atoms with van der Waals surface area (Å²) in [6.45, 7) is 4.51. The van der Waals surface area contributed by atoms with E-state index in [-0.39, 0.29) is 17.7 Å². The number of anilines is 2. The average Bonchev–Trinajstić information content (AvgIpc) is 2.99. The lowest BCUT2D eigenvalue weighted by Gasteiger charge is -2.17. The number of aromatic nitrogens is 2. The van der Waals surface area contributed by atoms with Crippen LogP contribution in [0, 0.1) is 11.6 Å². The molecule has 2 N–H and O–H groups in total. The molecule has 21 heavy (non-hydrogen) atoms. The minimum atomic E-state index is -0.704. The second-order valence-corrected chi connectivity index (χ2v) is 5.48. The lowest BCUT2D eigenvalue weighted by molar-refractivity contribution is 0.574. The zero-order chi connectivity index (χ0) is 15.2. The van der Waals surface area contributed by atoms with Gasteiger partial charge in [-0.3, -0.25) is 0 Å². The highest BCUT2D eigenvalue weighted by molar-refractivity contribution is 7.09. The summed E-state index contributed by atoms with van der Waals surface area (Å²) in [7, 11) is 0. The molecule has 2 rings (SSSR count). The van der Waals surface area contributed by atoms with Gasteiger partial charge < -0.3 is 10.6 Å². The predicted octanol–water partition coefficient (Wildman–Crippen LogP) is 4.20. The highest BCUT2D eigenvalue weighted by atomic mass is 32.1. The van der Waals surface area contributed by atoms with E-state index in [0.29, 0.717) is 6.54 Å². The molecule has 2 heterocycles. The number of pyridine rings is 1. The van der Waals surface area contributed by atoms with Crippen molar-refractivity contribution in [3.8, 4) is 0 Å². The number of hydrogen-bond donors (Lipinski definition) is 2.